The lowest BCUT2D eigenvalue weighted by atomic mass is 9.97. The number of hydrogen-bond acceptors (Lipinski definition) is 4. The first kappa shape index (κ1) is 15.9. The minimum atomic E-state index is -2.93. The molecule has 0 atom stereocenters. The normalized spacial score (nSPS) is 18.2. The van der Waals surface area contributed by atoms with Gasteiger partial charge in [-0.3, -0.25) is 9.46 Å². The van der Waals surface area contributed by atoms with Gasteiger partial charge in [-0.1, -0.05) is 25.5 Å². The van der Waals surface area contributed by atoms with Crippen molar-refractivity contribution >= 4 is 7.60 Å². The molecule has 0 saturated carbocycles. The molecule has 0 amide bonds. The fourth-order valence-corrected chi connectivity index (χ4v) is 3.91. The summed E-state index contributed by atoms with van der Waals surface area (Å²) in [5.41, 5.74) is 1.49. The lowest BCUT2D eigenvalue weighted by Gasteiger charge is -2.30. The van der Waals surface area contributed by atoms with Crippen molar-refractivity contribution in [1.29, 1.82) is 0 Å². The number of rotatable bonds is 7. The zero-order chi connectivity index (χ0) is 13.6. The Morgan fingerprint density at radius 1 is 1.33 bits per heavy atom. The summed E-state index contributed by atoms with van der Waals surface area (Å²) >= 11 is 0. The Balaban J connectivity index is 2.55. The molecule has 0 aliphatic carbocycles. The summed E-state index contributed by atoms with van der Waals surface area (Å²) in [6, 6.07) is 0. The van der Waals surface area contributed by atoms with Gasteiger partial charge in [0.05, 0.1) is 13.2 Å². The Labute approximate surface area is 111 Å². The molecule has 1 heterocycles. The Kier molecular flexibility index (Phi) is 6.58. The fourth-order valence-electron chi connectivity index (χ4n) is 2.14. The van der Waals surface area contributed by atoms with Gasteiger partial charge in [-0.2, -0.15) is 0 Å². The lowest BCUT2D eigenvalue weighted by Crippen LogP contribution is -2.31. The van der Waals surface area contributed by atoms with E-state index < -0.39 is 7.60 Å². The summed E-state index contributed by atoms with van der Waals surface area (Å²) < 4.78 is 23.0. The highest BCUT2D eigenvalue weighted by Gasteiger charge is 2.28. The average molecular weight is 275 g/mol. The van der Waals surface area contributed by atoms with Crippen molar-refractivity contribution in [2.75, 3.05) is 32.6 Å². The third-order valence-electron chi connectivity index (χ3n) is 3.09. The molecular weight excluding hydrogens is 249 g/mol. The highest BCUT2D eigenvalue weighted by Crippen LogP contribution is 2.48. The highest BCUT2D eigenvalue weighted by atomic mass is 31.2. The second-order valence-corrected chi connectivity index (χ2v) is 6.87. The maximum Gasteiger partial charge on any atom is 0.344 e. The van der Waals surface area contributed by atoms with Gasteiger partial charge in [0.2, 0.25) is 0 Å². The maximum absolute atomic E-state index is 12.4. The highest BCUT2D eigenvalue weighted by molar-refractivity contribution is 7.53. The summed E-state index contributed by atoms with van der Waals surface area (Å²) in [7, 11) is -2.93. The largest absolute Gasteiger partial charge is 0.344 e. The van der Waals surface area contributed by atoms with Crippen LogP contribution >= 0.6 is 7.60 Å². The Morgan fingerprint density at radius 3 is 2.33 bits per heavy atom. The van der Waals surface area contributed by atoms with Crippen molar-refractivity contribution in [2.45, 2.75) is 34.1 Å². The van der Waals surface area contributed by atoms with E-state index in [1.54, 1.807) is 0 Å². The quantitative estimate of drug-likeness (QED) is 0.526. The first-order valence-corrected chi connectivity index (χ1v) is 8.53. The molecule has 0 fully saturated rings. The van der Waals surface area contributed by atoms with E-state index in [-0.39, 0.29) is 0 Å². The molecule has 1 rings (SSSR count). The molecule has 0 saturated heterocycles. The molecule has 5 heteroatoms. The minimum Gasteiger partial charge on any atom is -0.308 e. The molecule has 1 aliphatic heterocycles. The molecule has 0 spiro atoms. The summed E-state index contributed by atoms with van der Waals surface area (Å²) in [5, 5.41) is 0. The third-order valence-corrected chi connectivity index (χ3v) is 5.14. The van der Waals surface area contributed by atoms with Crippen LogP contribution in [0, 0.1) is 5.92 Å². The Hall–Kier alpha value is -0.150. The fraction of sp³-hybridized carbons (Fsp3) is 0.846. The SMILES string of the molecule is CCOP(=O)(CN1CC=C(C(C)C)CC1)OCC. The standard InChI is InChI=1S/C13H26NO3P/c1-5-16-18(15,17-6-2)11-14-9-7-13(8-10-14)12(3)4/h7,12H,5-6,8-11H2,1-4H3. The van der Waals surface area contributed by atoms with E-state index in [0.29, 0.717) is 25.4 Å². The molecule has 106 valence electrons. The molecule has 18 heavy (non-hydrogen) atoms. The van der Waals surface area contributed by atoms with Gasteiger partial charge in [-0.05, 0) is 26.2 Å². The molecule has 0 aromatic rings. The van der Waals surface area contributed by atoms with Gasteiger partial charge in [0.15, 0.2) is 0 Å². The molecule has 4 nitrogen and oxygen atoms in total. The van der Waals surface area contributed by atoms with Gasteiger partial charge in [0, 0.05) is 13.1 Å². The van der Waals surface area contributed by atoms with Gasteiger partial charge >= 0.3 is 7.60 Å². The van der Waals surface area contributed by atoms with Crippen molar-refractivity contribution in [3.05, 3.63) is 11.6 Å². The molecule has 1 aliphatic rings. The van der Waals surface area contributed by atoms with E-state index in [2.05, 4.69) is 24.8 Å². The molecule has 0 unspecified atom stereocenters. The van der Waals surface area contributed by atoms with Crippen LogP contribution in [0.4, 0.5) is 0 Å². The average Bonchev–Trinajstić information content (AvgIpc) is 2.30. The van der Waals surface area contributed by atoms with Crippen LogP contribution in [0.1, 0.15) is 34.1 Å². The second-order valence-electron chi connectivity index (χ2n) is 4.85. The van der Waals surface area contributed by atoms with Crippen LogP contribution in [0.15, 0.2) is 11.6 Å². The van der Waals surface area contributed by atoms with Crippen LogP contribution in [0.25, 0.3) is 0 Å². The van der Waals surface area contributed by atoms with Crippen LogP contribution in [0.5, 0.6) is 0 Å². The summed E-state index contributed by atoms with van der Waals surface area (Å²) in [6.07, 6.45) is 3.70. The summed E-state index contributed by atoms with van der Waals surface area (Å²) in [5.74, 6) is 0.609. The third kappa shape index (κ3) is 4.85. The monoisotopic (exact) mass is 275 g/mol. The Morgan fingerprint density at radius 2 is 1.94 bits per heavy atom. The van der Waals surface area contributed by atoms with Crippen molar-refractivity contribution in [2.24, 2.45) is 5.92 Å². The predicted molar refractivity (Wildman–Crippen MR) is 74.8 cm³/mol. The predicted octanol–water partition coefficient (Wildman–Crippen LogP) is 3.50. The topological polar surface area (TPSA) is 38.8 Å². The van der Waals surface area contributed by atoms with E-state index >= 15 is 0 Å². The van der Waals surface area contributed by atoms with Gasteiger partial charge in [0.25, 0.3) is 0 Å². The van der Waals surface area contributed by atoms with Gasteiger partial charge in [-0.25, -0.2) is 0 Å². The minimum absolute atomic E-state index is 0.399. The number of nitrogens with zero attached hydrogens (tertiary/aromatic N) is 1. The Bertz CT molecular complexity index is 318. The molecule has 0 aromatic carbocycles. The zero-order valence-corrected chi connectivity index (χ0v) is 12.9. The molecule has 0 aromatic heterocycles. The van der Waals surface area contributed by atoms with Crippen LogP contribution in [0.3, 0.4) is 0 Å². The second kappa shape index (κ2) is 7.44. The van der Waals surface area contributed by atoms with Crippen LogP contribution in [-0.2, 0) is 13.6 Å². The summed E-state index contributed by atoms with van der Waals surface area (Å²) in [6.45, 7) is 10.8. The van der Waals surface area contributed by atoms with Gasteiger partial charge < -0.3 is 9.05 Å². The van der Waals surface area contributed by atoms with Crippen LogP contribution in [0.2, 0.25) is 0 Å². The van der Waals surface area contributed by atoms with E-state index in [1.807, 2.05) is 13.8 Å². The summed E-state index contributed by atoms with van der Waals surface area (Å²) in [4.78, 5) is 2.15. The molecule has 0 radical (unpaired) electrons. The smallest absolute Gasteiger partial charge is 0.308 e. The first-order valence-electron chi connectivity index (χ1n) is 6.80. The first-order chi connectivity index (χ1) is 8.50. The number of hydrogen-bond donors (Lipinski definition) is 0. The van der Waals surface area contributed by atoms with Gasteiger partial charge in [0.1, 0.15) is 6.29 Å². The lowest BCUT2D eigenvalue weighted by molar-refractivity contribution is 0.198. The van der Waals surface area contributed by atoms with E-state index in [0.717, 1.165) is 19.5 Å². The van der Waals surface area contributed by atoms with Crippen molar-refractivity contribution in [3.8, 4) is 0 Å². The van der Waals surface area contributed by atoms with E-state index in [9.17, 15) is 4.57 Å². The van der Waals surface area contributed by atoms with Crippen LogP contribution < -0.4 is 0 Å². The van der Waals surface area contributed by atoms with Crippen molar-refractivity contribution < 1.29 is 13.6 Å². The van der Waals surface area contributed by atoms with Crippen molar-refractivity contribution in [1.82, 2.24) is 4.90 Å². The molecule has 0 bridgehead atoms. The zero-order valence-electron chi connectivity index (χ0n) is 12.0. The van der Waals surface area contributed by atoms with Crippen molar-refractivity contribution in [3.63, 3.8) is 0 Å². The van der Waals surface area contributed by atoms with E-state index in [1.165, 1.54) is 5.57 Å². The van der Waals surface area contributed by atoms with E-state index in [4.69, 9.17) is 9.05 Å². The molecular formula is C13H26NO3P. The van der Waals surface area contributed by atoms with Gasteiger partial charge in [-0.15, -0.1) is 0 Å². The molecule has 0 N–H and O–H groups in total. The maximum atomic E-state index is 12.4. The van der Waals surface area contributed by atoms with Crippen LogP contribution in [-0.4, -0.2) is 37.5 Å².